The van der Waals surface area contributed by atoms with E-state index >= 15 is 0 Å². The fraction of sp³-hybridized carbons (Fsp3) is 0.360. The number of carbonyl (C=O) groups is 2. The maximum Gasteiger partial charge on any atom is 0.328 e. The molecule has 7 nitrogen and oxygen atoms in total. The second-order valence-electron chi connectivity index (χ2n) is 8.28. The van der Waals surface area contributed by atoms with E-state index < -0.39 is 11.9 Å². The average Bonchev–Trinajstić information content (AvgIpc) is 3.06. The van der Waals surface area contributed by atoms with Crippen LogP contribution in [-0.2, 0) is 16.1 Å². The van der Waals surface area contributed by atoms with E-state index in [1.165, 1.54) is 34.8 Å². The third kappa shape index (κ3) is 6.18. The lowest BCUT2D eigenvalue weighted by molar-refractivity contribution is -0.134. The SMILES string of the molecule is C[C@@H]1CN(CCCn2c3ccccc3c3ccccc32)C[C@H](C)N1.O=C(O)/C=C\C(=O)O. The summed E-state index contributed by atoms with van der Waals surface area (Å²) in [5.74, 6) is -2.51. The van der Waals surface area contributed by atoms with Crippen molar-refractivity contribution in [1.82, 2.24) is 14.8 Å². The highest BCUT2D eigenvalue weighted by atomic mass is 16.4. The fourth-order valence-electron chi connectivity index (χ4n) is 4.46. The Labute approximate surface area is 187 Å². The Morgan fingerprint density at radius 2 is 1.34 bits per heavy atom. The molecular weight excluding hydrogens is 406 g/mol. The van der Waals surface area contributed by atoms with Gasteiger partial charge < -0.3 is 25.0 Å². The quantitative estimate of drug-likeness (QED) is 0.510. The van der Waals surface area contributed by atoms with Gasteiger partial charge in [0, 0.05) is 65.7 Å². The zero-order chi connectivity index (χ0) is 23.1. The topological polar surface area (TPSA) is 94.8 Å². The summed E-state index contributed by atoms with van der Waals surface area (Å²) in [4.78, 5) is 21.7. The molecule has 1 aromatic heterocycles. The first kappa shape index (κ1) is 23.5. The number of fused-ring (bicyclic) bond motifs is 3. The van der Waals surface area contributed by atoms with Crippen molar-refractivity contribution in [2.45, 2.75) is 38.9 Å². The molecule has 1 saturated heterocycles. The van der Waals surface area contributed by atoms with E-state index in [-0.39, 0.29) is 0 Å². The number of nitrogens with zero attached hydrogens (tertiary/aromatic N) is 2. The van der Waals surface area contributed by atoms with Crippen LogP contribution in [0.3, 0.4) is 0 Å². The van der Waals surface area contributed by atoms with Gasteiger partial charge in [-0.3, -0.25) is 0 Å². The minimum atomic E-state index is -1.26. The Balaban J connectivity index is 0.000000312. The van der Waals surface area contributed by atoms with Gasteiger partial charge in [-0.15, -0.1) is 0 Å². The number of aromatic nitrogens is 1. The molecule has 2 aromatic carbocycles. The van der Waals surface area contributed by atoms with Gasteiger partial charge in [0.05, 0.1) is 0 Å². The van der Waals surface area contributed by atoms with Crippen molar-refractivity contribution in [2.24, 2.45) is 0 Å². The summed E-state index contributed by atoms with van der Waals surface area (Å²) in [6.45, 7) is 9.16. The normalized spacial score (nSPS) is 19.2. The van der Waals surface area contributed by atoms with Gasteiger partial charge in [0.15, 0.2) is 0 Å². The van der Waals surface area contributed by atoms with Crippen LogP contribution in [-0.4, -0.2) is 63.3 Å². The van der Waals surface area contributed by atoms with E-state index in [1.54, 1.807) is 0 Å². The number of nitrogens with one attached hydrogen (secondary N) is 1. The Kier molecular flexibility index (Phi) is 8.03. The average molecular weight is 438 g/mol. The Hall–Kier alpha value is -3.16. The molecule has 0 radical (unpaired) electrons. The van der Waals surface area contributed by atoms with Gasteiger partial charge in [-0.2, -0.15) is 0 Å². The van der Waals surface area contributed by atoms with Crippen LogP contribution in [0.4, 0.5) is 0 Å². The van der Waals surface area contributed by atoms with Crippen LogP contribution < -0.4 is 5.32 Å². The molecule has 1 aliphatic rings. The van der Waals surface area contributed by atoms with Crippen molar-refractivity contribution in [3.05, 3.63) is 60.7 Å². The standard InChI is InChI=1S/C21H27N3.C4H4O4/c1-16-14-23(15-17(2)22-16)12-7-13-24-20-10-5-3-8-18(20)19-9-4-6-11-21(19)24;5-3(6)1-2-4(7)8/h3-6,8-11,16-17,22H,7,12-15H2,1-2H3;1-2H,(H,5,6)(H,7,8)/b;2-1-/t16-,17+;. The summed E-state index contributed by atoms with van der Waals surface area (Å²) in [5.41, 5.74) is 2.72. The molecule has 32 heavy (non-hydrogen) atoms. The molecule has 0 bridgehead atoms. The van der Waals surface area contributed by atoms with E-state index in [9.17, 15) is 9.59 Å². The van der Waals surface area contributed by atoms with Gasteiger partial charge in [-0.05, 0) is 38.9 Å². The van der Waals surface area contributed by atoms with E-state index in [0.29, 0.717) is 24.2 Å². The van der Waals surface area contributed by atoms with Crippen molar-refractivity contribution in [1.29, 1.82) is 0 Å². The van der Waals surface area contributed by atoms with E-state index in [1.807, 2.05) is 0 Å². The number of aliphatic carboxylic acids is 2. The lowest BCUT2D eigenvalue weighted by Gasteiger charge is -2.36. The molecule has 2 heterocycles. The van der Waals surface area contributed by atoms with Crippen LogP contribution >= 0.6 is 0 Å². The summed E-state index contributed by atoms with van der Waals surface area (Å²) >= 11 is 0. The molecule has 2 atom stereocenters. The number of carboxylic acids is 2. The van der Waals surface area contributed by atoms with Crippen molar-refractivity contribution in [3.8, 4) is 0 Å². The van der Waals surface area contributed by atoms with Crippen LogP contribution in [0.25, 0.3) is 21.8 Å². The molecule has 3 aromatic rings. The van der Waals surface area contributed by atoms with Crippen molar-refractivity contribution in [2.75, 3.05) is 19.6 Å². The molecule has 0 saturated carbocycles. The number of carboxylic acid groups (broad SMARTS) is 2. The van der Waals surface area contributed by atoms with Crippen LogP contribution in [0.1, 0.15) is 20.3 Å². The first-order valence-electron chi connectivity index (χ1n) is 10.9. The summed E-state index contributed by atoms with van der Waals surface area (Å²) < 4.78 is 2.50. The number of piperazine rings is 1. The second-order valence-corrected chi connectivity index (χ2v) is 8.28. The molecule has 1 aliphatic heterocycles. The molecule has 0 amide bonds. The van der Waals surface area contributed by atoms with Gasteiger partial charge in [0.1, 0.15) is 0 Å². The first-order valence-corrected chi connectivity index (χ1v) is 10.9. The van der Waals surface area contributed by atoms with Crippen molar-refractivity contribution >= 4 is 33.7 Å². The maximum absolute atomic E-state index is 9.55. The van der Waals surface area contributed by atoms with Crippen LogP contribution in [0.5, 0.6) is 0 Å². The molecule has 0 aliphatic carbocycles. The second kappa shape index (κ2) is 10.9. The van der Waals surface area contributed by atoms with Gasteiger partial charge in [-0.25, -0.2) is 9.59 Å². The van der Waals surface area contributed by atoms with Gasteiger partial charge >= 0.3 is 11.9 Å². The summed E-state index contributed by atoms with van der Waals surface area (Å²) in [6, 6.07) is 18.8. The van der Waals surface area contributed by atoms with Crippen LogP contribution in [0.15, 0.2) is 60.7 Å². The number of benzene rings is 2. The predicted molar refractivity (Wildman–Crippen MR) is 127 cm³/mol. The van der Waals surface area contributed by atoms with E-state index in [0.717, 1.165) is 19.6 Å². The summed E-state index contributed by atoms with van der Waals surface area (Å²) in [6.07, 6.45) is 2.31. The predicted octanol–water partition coefficient (Wildman–Crippen LogP) is 3.58. The fourth-order valence-corrected chi connectivity index (χ4v) is 4.46. The molecule has 0 unspecified atom stereocenters. The third-order valence-corrected chi connectivity index (χ3v) is 5.54. The number of rotatable bonds is 6. The molecule has 1 fully saturated rings. The van der Waals surface area contributed by atoms with Gasteiger partial charge in [0.25, 0.3) is 0 Å². The Morgan fingerprint density at radius 1 is 0.875 bits per heavy atom. The van der Waals surface area contributed by atoms with E-state index in [2.05, 4.69) is 77.2 Å². The third-order valence-electron chi connectivity index (χ3n) is 5.54. The Bertz CT molecular complexity index is 1030. The molecule has 0 spiro atoms. The van der Waals surface area contributed by atoms with Crippen molar-refractivity contribution < 1.29 is 19.8 Å². The minimum absolute atomic E-state index is 0.558. The summed E-state index contributed by atoms with van der Waals surface area (Å²) in [5, 5.41) is 22.0. The largest absolute Gasteiger partial charge is 0.478 e. The minimum Gasteiger partial charge on any atom is -0.478 e. The monoisotopic (exact) mass is 437 g/mol. The van der Waals surface area contributed by atoms with Gasteiger partial charge in [0.2, 0.25) is 0 Å². The van der Waals surface area contributed by atoms with Crippen molar-refractivity contribution in [3.63, 3.8) is 0 Å². The highest BCUT2D eigenvalue weighted by Gasteiger charge is 2.20. The zero-order valence-corrected chi connectivity index (χ0v) is 18.6. The molecule has 4 rings (SSSR count). The van der Waals surface area contributed by atoms with Crippen LogP contribution in [0.2, 0.25) is 0 Å². The molecular formula is C25H31N3O4. The van der Waals surface area contributed by atoms with Crippen LogP contribution in [0, 0.1) is 0 Å². The highest BCUT2D eigenvalue weighted by molar-refractivity contribution is 6.07. The van der Waals surface area contributed by atoms with E-state index in [4.69, 9.17) is 10.2 Å². The number of para-hydroxylation sites is 2. The first-order chi connectivity index (χ1) is 15.3. The lowest BCUT2D eigenvalue weighted by atomic mass is 10.1. The molecule has 3 N–H and O–H groups in total. The Morgan fingerprint density at radius 3 is 1.81 bits per heavy atom. The number of hydrogen-bond donors (Lipinski definition) is 3. The molecule has 170 valence electrons. The smallest absolute Gasteiger partial charge is 0.328 e. The zero-order valence-electron chi connectivity index (χ0n) is 18.6. The summed E-state index contributed by atoms with van der Waals surface area (Å²) in [7, 11) is 0. The molecule has 7 heteroatoms. The number of hydrogen-bond acceptors (Lipinski definition) is 4. The maximum atomic E-state index is 9.55. The number of aryl methyl sites for hydroxylation is 1. The van der Waals surface area contributed by atoms with Gasteiger partial charge in [-0.1, -0.05) is 36.4 Å². The highest BCUT2D eigenvalue weighted by Crippen LogP contribution is 2.28. The lowest BCUT2D eigenvalue weighted by Crippen LogP contribution is -2.54.